The van der Waals surface area contributed by atoms with Gasteiger partial charge in [-0.2, -0.15) is 0 Å². The van der Waals surface area contributed by atoms with E-state index < -0.39 is 0 Å². The minimum atomic E-state index is 0.221. The van der Waals surface area contributed by atoms with E-state index in [0.29, 0.717) is 13.0 Å². The van der Waals surface area contributed by atoms with Crippen molar-refractivity contribution < 1.29 is 9.53 Å². The maximum absolute atomic E-state index is 10.6. The predicted molar refractivity (Wildman–Crippen MR) is 66.2 cm³/mol. The molecule has 0 aromatic heterocycles. The molecule has 0 aliphatic heterocycles. The van der Waals surface area contributed by atoms with Crippen LogP contribution < -0.4 is 4.74 Å². The molecule has 1 aromatic carbocycles. The van der Waals surface area contributed by atoms with Crippen molar-refractivity contribution in [2.45, 2.75) is 40.0 Å². The summed E-state index contributed by atoms with van der Waals surface area (Å²) >= 11 is 0. The molecule has 0 N–H and O–H groups in total. The van der Waals surface area contributed by atoms with Gasteiger partial charge in [0.2, 0.25) is 0 Å². The first-order valence-electron chi connectivity index (χ1n) is 5.78. The van der Waals surface area contributed by atoms with Gasteiger partial charge >= 0.3 is 0 Å². The van der Waals surface area contributed by atoms with Crippen LogP contribution in [0.3, 0.4) is 0 Å². The maximum Gasteiger partial charge on any atom is 0.125 e. The molecular formula is C14H20O2. The molecule has 0 amide bonds. The van der Waals surface area contributed by atoms with Crippen molar-refractivity contribution in [1.29, 1.82) is 0 Å². The smallest absolute Gasteiger partial charge is 0.125 e. The van der Waals surface area contributed by atoms with Gasteiger partial charge in [0.15, 0.2) is 0 Å². The van der Waals surface area contributed by atoms with E-state index in [0.717, 1.165) is 17.6 Å². The van der Waals surface area contributed by atoms with Gasteiger partial charge in [0, 0.05) is 6.42 Å². The van der Waals surface area contributed by atoms with Crippen LogP contribution in [0.15, 0.2) is 12.1 Å². The number of hydrogen-bond donors (Lipinski definition) is 0. The summed E-state index contributed by atoms with van der Waals surface area (Å²) in [6, 6.07) is 4.16. The largest absolute Gasteiger partial charge is 0.493 e. The van der Waals surface area contributed by atoms with Crippen LogP contribution in [-0.4, -0.2) is 12.9 Å². The van der Waals surface area contributed by atoms with Crippen LogP contribution in [0.1, 0.15) is 42.9 Å². The molecule has 0 radical (unpaired) electrons. The normalized spacial score (nSPS) is 12.2. The molecule has 88 valence electrons. The molecular weight excluding hydrogens is 200 g/mol. The summed E-state index contributed by atoms with van der Waals surface area (Å²) in [6.07, 6.45) is 1.51. The van der Waals surface area contributed by atoms with Crippen molar-refractivity contribution in [1.82, 2.24) is 0 Å². The highest BCUT2D eigenvalue weighted by Gasteiger charge is 2.14. The number of benzene rings is 1. The van der Waals surface area contributed by atoms with Crippen molar-refractivity contribution in [3.05, 3.63) is 28.8 Å². The molecule has 0 aliphatic carbocycles. The first-order valence-corrected chi connectivity index (χ1v) is 5.78. The van der Waals surface area contributed by atoms with E-state index in [4.69, 9.17) is 4.74 Å². The molecule has 0 heterocycles. The Bertz CT molecular complexity index is 369. The van der Waals surface area contributed by atoms with Crippen LogP contribution in [0.25, 0.3) is 0 Å². The van der Waals surface area contributed by atoms with Crippen LogP contribution in [0.5, 0.6) is 5.75 Å². The average molecular weight is 220 g/mol. The Morgan fingerprint density at radius 1 is 1.38 bits per heavy atom. The van der Waals surface area contributed by atoms with E-state index in [1.165, 1.54) is 11.1 Å². The number of rotatable bonds is 5. The van der Waals surface area contributed by atoms with Crippen LogP contribution in [0.2, 0.25) is 0 Å². The van der Waals surface area contributed by atoms with Crippen molar-refractivity contribution in [2.24, 2.45) is 0 Å². The summed E-state index contributed by atoms with van der Waals surface area (Å²) in [5, 5.41) is 0. The second kappa shape index (κ2) is 5.69. The highest BCUT2D eigenvalue weighted by molar-refractivity contribution is 5.54. The number of carbonyl (C=O) groups is 1. The number of carbonyl (C=O) groups excluding carboxylic acids is 1. The molecule has 2 nitrogen and oxygen atoms in total. The maximum atomic E-state index is 10.6. The van der Waals surface area contributed by atoms with E-state index in [1.54, 1.807) is 0 Å². The number of aryl methyl sites for hydroxylation is 1. The summed E-state index contributed by atoms with van der Waals surface area (Å²) in [5.74, 6) is 1.18. The lowest BCUT2D eigenvalue weighted by atomic mass is 9.93. The Kier molecular flexibility index (Phi) is 4.53. The Morgan fingerprint density at radius 2 is 2.06 bits per heavy atom. The lowest BCUT2D eigenvalue weighted by molar-refractivity contribution is -0.108. The number of hydrogen-bond acceptors (Lipinski definition) is 2. The molecule has 0 bridgehead atoms. The fourth-order valence-electron chi connectivity index (χ4n) is 1.81. The highest BCUT2D eigenvalue weighted by atomic mass is 16.5. The van der Waals surface area contributed by atoms with E-state index in [1.807, 2.05) is 6.92 Å². The van der Waals surface area contributed by atoms with Gasteiger partial charge in [-0.1, -0.05) is 19.1 Å². The molecule has 0 saturated carbocycles. The standard InChI is InChI=1S/C14H20O2/c1-5-16-14-12(4)10(2)6-7-13(14)11(3)8-9-15/h6-7,9,11H,5,8H2,1-4H3. The Labute approximate surface area is 97.6 Å². The molecule has 1 unspecified atom stereocenters. The Balaban J connectivity index is 3.16. The quantitative estimate of drug-likeness (QED) is 0.711. The van der Waals surface area contributed by atoms with Crippen LogP contribution in [0.4, 0.5) is 0 Å². The average Bonchev–Trinajstić information content (AvgIpc) is 2.25. The molecule has 0 aliphatic rings. The topological polar surface area (TPSA) is 26.3 Å². The molecule has 1 aromatic rings. The van der Waals surface area contributed by atoms with E-state index in [2.05, 4.69) is 32.9 Å². The van der Waals surface area contributed by atoms with E-state index in [9.17, 15) is 4.79 Å². The summed E-state index contributed by atoms with van der Waals surface area (Å²) in [4.78, 5) is 10.6. The van der Waals surface area contributed by atoms with Crippen molar-refractivity contribution in [2.75, 3.05) is 6.61 Å². The van der Waals surface area contributed by atoms with E-state index >= 15 is 0 Å². The molecule has 1 atom stereocenters. The van der Waals surface area contributed by atoms with Gasteiger partial charge < -0.3 is 9.53 Å². The summed E-state index contributed by atoms with van der Waals surface area (Å²) in [7, 11) is 0. The third-order valence-electron chi connectivity index (χ3n) is 2.98. The van der Waals surface area contributed by atoms with Gasteiger partial charge in [-0.15, -0.1) is 0 Å². The second-order valence-electron chi connectivity index (χ2n) is 4.16. The van der Waals surface area contributed by atoms with Gasteiger partial charge in [-0.25, -0.2) is 0 Å². The summed E-state index contributed by atoms with van der Waals surface area (Å²) in [5.41, 5.74) is 3.54. The van der Waals surface area contributed by atoms with Crippen LogP contribution in [0, 0.1) is 13.8 Å². The fourth-order valence-corrected chi connectivity index (χ4v) is 1.81. The van der Waals surface area contributed by atoms with Gasteiger partial charge in [-0.05, 0) is 43.4 Å². The monoisotopic (exact) mass is 220 g/mol. The first kappa shape index (κ1) is 12.8. The molecule has 0 fully saturated rings. The van der Waals surface area contributed by atoms with Crippen molar-refractivity contribution >= 4 is 6.29 Å². The lowest BCUT2D eigenvalue weighted by Crippen LogP contribution is -2.04. The Hall–Kier alpha value is -1.31. The zero-order chi connectivity index (χ0) is 12.1. The number of aldehydes is 1. The van der Waals surface area contributed by atoms with Crippen molar-refractivity contribution in [3.63, 3.8) is 0 Å². The fraction of sp³-hybridized carbons (Fsp3) is 0.500. The van der Waals surface area contributed by atoms with Crippen LogP contribution >= 0.6 is 0 Å². The van der Waals surface area contributed by atoms with Gasteiger partial charge in [-0.3, -0.25) is 0 Å². The Morgan fingerprint density at radius 3 is 2.62 bits per heavy atom. The van der Waals surface area contributed by atoms with E-state index in [-0.39, 0.29) is 5.92 Å². The molecule has 2 heteroatoms. The SMILES string of the molecule is CCOc1c(C(C)CC=O)ccc(C)c1C. The molecule has 1 rings (SSSR count). The zero-order valence-electron chi connectivity index (χ0n) is 10.5. The second-order valence-corrected chi connectivity index (χ2v) is 4.16. The minimum Gasteiger partial charge on any atom is -0.493 e. The minimum absolute atomic E-state index is 0.221. The van der Waals surface area contributed by atoms with Crippen LogP contribution in [-0.2, 0) is 4.79 Å². The molecule has 16 heavy (non-hydrogen) atoms. The molecule has 0 spiro atoms. The van der Waals surface area contributed by atoms with Gasteiger partial charge in [0.1, 0.15) is 12.0 Å². The van der Waals surface area contributed by atoms with Crippen molar-refractivity contribution in [3.8, 4) is 5.75 Å². The number of ether oxygens (including phenoxy) is 1. The highest BCUT2D eigenvalue weighted by Crippen LogP contribution is 2.33. The summed E-state index contributed by atoms with van der Waals surface area (Å²) in [6.45, 7) is 8.84. The summed E-state index contributed by atoms with van der Waals surface area (Å²) < 4.78 is 5.70. The molecule has 0 saturated heterocycles. The van der Waals surface area contributed by atoms with Gasteiger partial charge in [0.25, 0.3) is 0 Å². The predicted octanol–water partition coefficient (Wildman–Crippen LogP) is 3.39. The lowest BCUT2D eigenvalue weighted by Gasteiger charge is -2.18. The zero-order valence-corrected chi connectivity index (χ0v) is 10.5. The third-order valence-corrected chi connectivity index (χ3v) is 2.98. The van der Waals surface area contributed by atoms with Gasteiger partial charge in [0.05, 0.1) is 6.61 Å². The third kappa shape index (κ3) is 2.63. The first-order chi connectivity index (χ1) is 7.61.